The minimum absolute atomic E-state index is 0.0296. The number of unbranched alkanes of at least 4 members (excludes halogenated alkanes) is 3. The van der Waals surface area contributed by atoms with Crippen molar-refractivity contribution < 1.29 is 28.9 Å². The molecule has 3 aromatic carbocycles. The number of hydrogen-bond donors (Lipinski definition) is 4. The third kappa shape index (κ3) is 9.06. The van der Waals surface area contributed by atoms with E-state index in [0.29, 0.717) is 41.3 Å². The largest absolute Gasteiger partial charge is 0.506 e. The lowest BCUT2D eigenvalue weighted by Gasteiger charge is -2.44. The number of H-pyrrole nitrogens is 1. The Labute approximate surface area is 286 Å². The van der Waals surface area contributed by atoms with E-state index in [9.17, 15) is 24.2 Å². The van der Waals surface area contributed by atoms with Crippen molar-refractivity contribution in [3.8, 4) is 11.5 Å². The van der Waals surface area contributed by atoms with Crippen molar-refractivity contribution in [1.29, 1.82) is 0 Å². The number of halogens is 1. The molecule has 0 saturated carbocycles. The first kappa shape index (κ1) is 34.6. The van der Waals surface area contributed by atoms with E-state index in [1.54, 1.807) is 18.2 Å². The topological polar surface area (TPSA) is 124 Å². The van der Waals surface area contributed by atoms with Gasteiger partial charge in [0.2, 0.25) is 5.56 Å². The van der Waals surface area contributed by atoms with Gasteiger partial charge in [0.1, 0.15) is 23.4 Å². The van der Waals surface area contributed by atoms with Gasteiger partial charge in [-0.25, -0.2) is 4.39 Å². The summed E-state index contributed by atoms with van der Waals surface area (Å²) in [6.07, 6.45) is 5.22. The van der Waals surface area contributed by atoms with Crippen LogP contribution in [0.5, 0.6) is 11.5 Å². The first-order valence-corrected chi connectivity index (χ1v) is 17.5. The third-order valence-corrected chi connectivity index (χ3v) is 9.88. The average Bonchev–Trinajstić information content (AvgIpc) is 3.11. The van der Waals surface area contributed by atoms with Crippen LogP contribution >= 0.6 is 0 Å². The lowest BCUT2D eigenvalue weighted by Crippen LogP contribution is -2.52. The number of benzene rings is 3. The van der Waals surface area contributed by atoms with Crippen LogP contribution in [-0.4, -0.2) is 71.5 Å². The van der Waals surface area contributed by atoms with E-state index >= 15 is 0 Å². The van der Waals surface area contributed by atoms with Crippen LogP contribution in [0.1, 0.15) is 73.7 Å². The summed E-state index contributed by atoms with van der Waals surface area (Å²) in [5, 5.41) is 24.7. The molecule has 1 aromatic heterocycles. The fourth-order valence-corrected chi connectivity index (χ4v) is 7.19. The molecule has 7 rings (SSSR count). The van der Waals surface area contributed by atoms with Crippen molar-refractivity contribution >= 4 is 16.9 Å². The van der Waals surface area contributed by atoms with Gasteiger partial charge in [0, 0.05) is 30.5 Å². The monoisotopic (exact) mass is 671 g/mol. The Morgan fingerprint density at radius 2 is 1.76 bits per heavy atom. The molecule has 260 valence electrons. The maximum atomic E-state index is 14.3. The van der Waals surface area contributed by atoms with Crippen LogP contribution in [-0.2, 0) is 9.53 Å². The van der Waals surface area contributed by atoms with Gasteiger partial charge in [0.25, 0.3) is 0 Å². The summed E-state index contributed by atoms with van der Waals surface area (Å²) in [4.78, 5) is 29.9. The minimum Gasteiger partial charge on any atom is -0.506 e. The molecule has 49 heavy (non-hydrogen) atoms. The molecule has 2 bridgehead atoms. The lowest BCUT2D eigenvalue weighted by molar-refractivity contribution is -0.159. The number of esters is 1. The van der Waals surface area contributed by atoms with Crippen molar-refractivity contribution in [2.45, 2.75) is 63.1 Å². The van der Waals surface area contributed by atoms with Crippen LogP contribution in [0.4, 0.5) is 4.39 Å². The summed E-state index contributed by atoms with van der Waals surface area (Å²) >= 11 is 0. The molecule has 9 nitrogen and oxygen atoms in total. The van der Waals surface area contributed by atoms with Crippen molar-refractivity contribution in [3.05, 3.63) is 106 Å². The Morgan fingerprint density at radius 1 is 0.980 bits per heavy atom. The molecule has 3 fully saturated rings. The Balaban J connectivity index is 0.941. The third-order valence-electron chi connectivity index (χ3n) is 9.88. The first-order valence-electron chi connectivity index (χ1n) is 17.5. The van der Waals surface area contributed by atoms with Crippen LogP contribution in [0.15, 0.2) is 77.6 Å². The number of pyridine rings is 1. The molecule has 3 atom stereocenters. The van der Waals surface area contributed by atoms with Crippen molar-refractivity contribution in [3.63, 3.8) is 0 Å². The molecule has 3 aliphatic rings. The average molecular weight is 672 g/mol. The van der Waals surface area contributed by atoms with Gasteiger partial charge in [-0.1, -0.05) is 43.2 Å². The standard InChI is InChI=1S/C39H46FN3O6/c40-29-9-5-7-27(21-29)33(23-38(47)49-36-25-43-18-15-26(36)16-19-43)28-8-6-10-30(22-28)48-20-4-2-1-3-17-41-24-35(45)31-11-13-34(44)39-32(31)12-14-37(46)42-39/h5-14,21-22,26,33,35-36,41,44-45H,1-4,15-20,23-25H2,(H,42,46)/t33?,35-,36-/m0/s1. The van der Waals surface area contributed by atoms with Crippen LogP contribution in [0.3, 0.4) is 0 Å². The maximum Gasteiger partial charge on any atom is 0.307 e. The smallest absolute Gasteiger partial charge is 0.307 e. The molecule has 3 aliphatic heterocycles. The second-order valence-corrected chi connectivity index (χ2v) is 13.3. The number of aromatic nitrogens is 1. The van der Waals surface area contributed by atoms with Crippen molar-refractivity contribution in [2.24, 2.45) is 5.92 Å². The zero-order chi connectivity index (χ0) is 34.2. The van der Waals surface area contributed by atoms with Gasteiger partial charge in [-0.15, -0.1) is 0 Å². The molecule has 3 saturated heterocycles. The van der Waals surface area contributed by atoms with Gasteiger partial charge in [0.15, 0.2) is 0 Å². The number of piperidine rings is 3. The van der Waals surface area contributed by atoms with E-state index in [0.717, 1.165) is 75.8 Å². The first-order chi connectivity index (χ1) is 23.8. The Morgan fingerprint density at radius 3 is 2.53 bits per heavy atom. The highest BCUT2D eigenvalue weighted by atomic mass is 19.1. The summed E-state index contributed by atoms with van der Waals surface area (Å²) in [5.74, 6) is 0.168. The molecule has 4 N–H and O–H groups in total. The SMILES string of the molecule is O=C(CC(c1cccc(F)c1)c1cccc(OCCCCCCNC[C@H](O)c2ccc(O)c3[nH]c(=O)ccc23)c1)O[C@H]1CN2CCC1CC2. The summed E-state index contributed by atoms with van der Waals surface area (Å²) in [6.45, 7) is 4.60. The van der Waals surface area contributed by atoms with Crippen molar-refractivity contribution in [1.82, 2.24) is 15.2 Å². The minimum atomic E-state index is -0.783. The highest BCUT2D eigenvalue weighted by Crippen LogP contribution is 2.34. The van der Waals surface area contributed by atoms with Crippen LogP contribution in [0, 0.1) is 11.7 Å². The molecule has 4 heterocycles. The highest BCUT2D eigenvalue weighted by molar-refractivity contribution is 5.87. The van der Waals surface area contributed by atoms with Gasteiger partial charge in [0.05, 0.1) is 24.6 Å². The van der Waals surface area contributed by atoms with E-state index in [2.05, 4.69) is 15.2 Å². The highest BCUT2D eigenvalue weighted by Gasteiger charge is 2.37. The number of aliphatic hydroxyl groups excluding tert-OH is 1. The number of carbonyl (C=O) groups is 1. The van der Waals surface area contributed by atoms with Crippen LogP contribution in [0.25, 0.3) is 10.9 Å². The quantitative estimate of drug-likeness (QED) is 0.0872. The predicted octanol–water partition coefficient (Wildman–Crippen LogP) is 5.79. The Hall–Kier alpha value is -4.25. The number of nitrogens with zero attached hydrogens (tertiary/aromatic N) is 1. The van der Waals surface area contributed by atoms with Crippen molar-refractivity contribution in [2.75, 3.05) is 39.3 Å². The van der Waals surface area contributed by atoms with Gasteiger partial charge < -0.3 is 30.0 Å². The van der Waals surface area contributed by atoms with Gasteiger partial charge in [-0.05, 0) is 104 Å². The number of aromatic hydroxyl groups is 1. The second-order valence-electron chi connectivity index (χ2n) is 13.3. The molecule has 0 amide bonds. The molecule has 4 aromatic rings. The predicted molar refractivity (Wildman–Crippen MR) is 186 cm³/mol. The summed E-state index contributed by atoms with van der Waals surface area (Å²) in [7, 11) is 0. The zero-order valence-electron chi connectivity index (χ0n) is 27.8. The summed E-state index contributed by atoms with van der Waals surface area (Å²) < 4.78 is 26.4. The number of rotatable bonds is 16. The number of hydrogen-bond acceptors (Lipinski definition) is 8. The van der Waals surface area contributed by atoms with E-state index in [-0.39, 0.29) is 41.5 Å². The number of nitrogens with one attached hydrogen (secondary N) is 2. The van der Waals surface area contributed by atoms with Gasteiger partial charge >= 0.3 is 5.97 Å². The Kier molecular flexibility index (Phi) is 11.6. The van der Waals surface area contributed by atoms with Crippen LogP contribution < -0.4 is 15.6 Å². The molecule has 10 heteroatoms. The fourth-order valence-electron chi connectivity index (χ4n) is 7.19. The number of phenols is 1. The van der Waals surface area contributed by atoms with Gasteiger partial charge in [-0.3, -0.25) is 14.5 Å². The Bertz CT molecular complexity index is 1770. The van der Waals surface area contributed by atoms with E-state index in [4.69, 9.17) is 9.47 Å². The molecular formula is C39H46FN3O6. The van der Waals surface area contributed by atoms with E-state index in [1.165, 1.54) is 24.3 Å². The number of aliphatic hydroxyl groups is 1. The number of carbonyl (C=O) groups excluding carboxylic acids is 1. The summed E-state index contributed by atoms with van der Waals surface area (Å²) in [5.41, 5.74) is 2.27. The fraction of sp³-hybridized carbons (Fsp3) is 0.436. The van der Waals surface area contributed by atoms with E-state index in [1.807, 2.05) is 30.3 Å². The number of phenolic OH excluding ortho intramolecular Hbond substituents is 1. The molecule has 0 radical (unpaired) electrons. The number of fused-ring (bicyclic) bond motifs is 4. The maximum absolute atomic E-state index is 14.3. The zero-order valence-corrected chi connectivity index (χ0v) is 27.8. The number of aromatic amines is 1. The molecular weight excluding hydrogens is 625 g/mol. The van der Waals surface area contributed by atoms with E-state index < -0.39 is 6.10 Å². The number of ether oxygens (including phenoxy) is 2. The molecule has 0 aliphatic carbocycles. The lowest BCUT2D eigenvalue weighted by atomic mass is 9.85. The molecule has 0 spiro atoms. The molecule has 1 unspecified atom stereocenters. The summed E-state index contributed by atoms with van der Waals surface area (Å²) in [6, 6.07) is 20.3. The van der Waals surface area contributed by atoms with Gasteiger partial charge in [-0.2, -0.15) is 0 Å². The second kappa shape index (κ2) is 16.4. The van der Waals surface area contributed by atoms with Crippen LogP contribution in [0.2, 0.25) is 0 Å². The normalized spacial score (nSPS) is 19.8.